The fourth-order valence-corrected chi connectivity index (χ4v) is 2.35. The van der Waals surface area contributed by atoms with Crippen LogP contribution in [0.5, 0.6) is 5.75 Å². The maximum Gasteiger partial charge on any atom is 0.258 e. The number of halogens is 1. The van der Waals surface area contributed by atoms with Crippen LogP contribution < -0.4 is 10.1 Å². The second-order valence-electron chi connectivity index (χ2n) is 5.90. The van der Waals surface area contributed by atoms with Crippen molar-refractivity contribution in [2.45, 2.75) is 26.3 Å². The Labute approximate surface area is 136 Å². The quantitative estimate of drug-likeness (QED) is 0.835. The number of carbonyl (C=O) groups is 1. The molecule has 23 heavy (non-hydrogen) atoms. The summed E-state index contributed by atoms with van der Waals surface area (Å²) in [5.74, 6) is 0.409. The zero-order chi connectivity index (χ0) is 16.7. The highest BCUT2D eigenvalue weighted by Gasteiger charge is 2.16. The van der Waals surface area contributed by atoms with Crippen molar-refractivity contribution in [3.63, 3.8) is 0 Å². The molecule has 0 saturated carbocycles. The van der Waals surface area contributed by atoms with Crippen LogP contribution in [0, 0.1) is 11.7 Å². The van der Waals surface area contributed by atoms with E-state index in [2.05, 4.69) is 19.2 Å². The van der Waals surface area contributed by atoms with E-state index in [-0.39, 0.29) is 24.4 Å². The molecule has 0 heterocycles. The van der Waals surface area contributed by atoms with Crippen LogP contribution in [0.2, 0.25) is 0 Å². The summed E-state index contributed by atoms with van der Waals surface area (Å²) in [5, 5.41) is 3.01. The number of carbonyl (C=O) groups excluding carboxylic acids is 1. The van der Waals surface area contributed by atoms with Crippen LogP contribution in [0.3, 0.4) is 0 Å². The first-order valence-electron chi connectivity index (χ1n) is 7.77. The Kier molecular flexibility index (Phi) is 6.15. The lowest BCUT2D eigenvalue weighted by atomic mass is 9.97. The van der Waals surface area contributed by atoms with Crippen molar-refractivity contribution in [3.8, 4) is 5.75 Å². The zero-order valence-electron chi connectivity index (χ0n) is 13.5. The van der Waals surface area contributed by atoms with E-state index < -0.39 is 0 Å². The normalized spacial score (nSPS) is 12.0. The van der Waals surface area contributed by atoms with Crippen molar-refractivity contribution in [2.75, 3.05) is 6.61 Å². The first-order chi connectivity index (χ1) is 11.0. The smallest absolute Gasteiger partial charge is 0.258 e. The van der Waals surface area contributed by atoms with Gasteiger partial charge in [0.25, 0.3) is 5.91 Å². The predicted molar refractivity (Wildman–Crippen MR) is 88.7 cm³/mol. The topological polar surface area (TPSA) is 38.3 Å². The molecular weight excluding hydrogens is 293 g/mol. The van der Waals surface area contributed by atoms with Gasteiger partial charge in [-0.3, -0.25) is 4.79 Å². The molecule has 3 nitrogen and oxygen atoms in total. The molecule has 2 aromatic rings. The monoisotopic (exact) mass is 315 g/mol. The third kappa shape index (κ3) is 5.74. The van der Waals surface area contributed by atoms with Crippen molar-refractivity contribution >= 4 is 5.91 Å². The van der Waals surface area contributed by atoms with Gasteiger partial charge < -0.3 is 10.1 Å². The molecule has 0 bridgehead atoms. The number of nitrogens with one attached hydrogen (secondary N) is 1. The molecule has 122 valence electrons. The molecule has 0 fully saturated rings. The van der Waals surface area contributed by atoms with Crippen LogP contribution >= 0.6 is 0 Å². The number of hydrogen-bond donors (Lipinski definition) is 1. The van der Waals surface area contributed by atoms with Gasteiger partial charge in [-0.15, -0.1) is 0 Å². The van der Waals surface area contributed by atoms with E-state index in [4.69, 9.17) is 4.74 Å². The van der Waals surface area contributed by atoms with Crippen LogP contribution in [0.25, 0.3) is 0 Å². The van der Waals surface area contributed by atoms with Crippen molar-refractivity contribution in [3.05, 3.63) is 66.0 Å². The predicted octanol–water partition coefficient (Wildman–Crippen LogP) is 4.11. The van der Waals surface area contributed by atoms with Crippen LogP contribution in [-0.2, 0) is 4.79 Å². The molecule has 0 spiro atoms. The maximum absolute atomic E-state index is 12.8. The number of benzene rings is 2. The Hall–Kier alpha value is -2.36. The molecule has 0 aromatic heterocycles. The first kappa shape index (κ1) is 17.0. The van der Waals surface area contributed by atoms with Gasteiger partial charge in [0.05, 0.1) is 6.04 Å². The Balaban J connectivity index is 1.93. The highest BCUT2D eigenvalue weighted by molar-refractivity contribution is 5.78. The van der Waals surface area contributed by atoms with Gasteiger partial charge in [0.1, 0.15) is 11.6 Å². The summed E-state index contributed by atoms with van der Waals surface area (Å²) >= 11 is 0. The second-order valence-corrected chi connectivity index (χ2v) is 5.90. The molecule has 0 saturated heterocycles. The Morgan fingerprint density at radius 2 is 1.74 bits per heavy atom. The lowest BCUT2D eigenvalue weighted by Gasteiger charge is -2.21. The minimum atomic E-state index is -0.331. The summed E-state index contributed by atoms with van der Waals surface area (Å²) in [5.41, 5.74) is 1.08. The molecule has 0 unspecified atom stereocenters. The highest BCUT2D eigenvalue weighted by atomic mass is 19.1. The fraction of sp³-hybridized carbons (Fsp3) is 0.316. The lowest BCUT2D eigenvalue weighted by molar-refractivity contribution is -0.124. The number of hydrogen-bond acceptors (Lipinski definition) is 2. The van der Waals surface area contributed by atoms with Gasteiger partial charge in [-0.25, -0.2) is 4.39 Å². The van der Waals surface area contributed by atoms with Crippen LogP contribution in [-0.4, -0.2) is 12.5 Å². The average Bonchev–Trinajstić information content (AvgIpc) is 2.54. The highest BCUT2D eigenvalue weighted by Crippen LogP contribution is 2.21. The molecule has 4 heteroatoms. The number of ether oxygens (including phenoxy) is 1. The van der Waals surface area contributed by atoms with Gasteiger partial charge in [-0.2, -0.15) is 0 Å². The van der Waals surface area contributed by atoms with E-state index in [9.17, 15) is 9.18 Å². The van der Waals surface area contributed by atoms with Crippen molar-refractivity contribution in [2.24, 2.45) is 5.92 Å². The second kappa shape index (κ2) is 8.32. The zero-order valence-corrected chi connectivity index (χ0v) is 13.5. The summed E-state index contributed by atoms with van der Waals surface area (Å²) in [6.07, 6.45) is 0.853. The molecule has 1 N–H and O–H groups in total. The van der Waals surface area contributed by atoms with Crippen LogP contribution in [0.1, 0.15) is 31.9 Å². The third-order valence-corrected chi connectivity index (χ3v) is 3.43. The molecule has 0 radical (unpaired) electrons. The molecule has 1 atom stereocenters. The molecule has 2 aromatic carbocycles. The Bertz CT molecular complexity index is 611. The maximum atomic E-state index is 12.8. The SMILES string of the molecule is CC(C)C[C@@H](NC(=O)COc1ccc(F)cc1)c1ccccc1. The van der Waals surface area contributed by atoms with Gasteiger partial charge >= 0.3 is 0 Å². The van der Waals surface area contributed by atoms with Gasteiger partial charge in [-0.05, 0) is 42.2 Å². The lowest BCUT2D eigenvalue weighted by Crippen LogP contribution is -2.33. The van der Waals surface area contributed by atoms with E-state index in [1.165, 1.54) is 24.3 Å². The summed E-state index contributed by atoms with van der Waals surface area (Å²) in [7, 11) is 0. The van der Waals surface area contributed by atoms with E-state index in [1.807, 2.05) is 30.3 Å². The molecular formula is C19H22FNO2. The number of rotatable bonds is 7. The third-order valence-electron chi connectivity index (χ3n) is 3.43. The summed E-state index contributed by atoms with van der Waals surface area (Å²) in [6.45, 7) is 4.15. The Morgan fingerprint density at radius 1 is 1.09 bits per heavy atom. The van der Waals surface area contributed by atoms with Crippen molar-refractivity contribution in [1.82, 2.24) is 5.32 Å². The van der Waals surface area contributed by atoms with Crippen molar-refractivity contribution in [1.29, 1.82) is 0 Å². The molecule has 0 aliphatic heterocycles. The van der Waals surface area contributed by atoms with Gasteiger partial charge in [-0.1, -0.05) is 44.2 Å². The van der Waals surface area contributed by atoms with E-state index in [0.717, 1.165) is 12.0 Å². The summed E-state index contributed by atoms with van der Waals surface area (Å²) < 4.78 is 18.2. The van der Waals surface area contributed by atoms with Crippen molar-refractivity contribution < 1.29 is 13.9 Å². The molecule has 1 amide bonds. The van der Waals surface area contributed by atoms with E-state index >= 15 is 0 Å². The van der Waals surface area contributed by atoms with E-state index in [1.54, 1.807) is 0 Å². The molecule has 0 aliphatic carbocycles. The molecule has 2 rings (SSSR count). The molecule has 0 aliphatic rings. The van der Waals surface area contributed by atoms with Gasteiger partial charge in [0, 0.05) is 0 Å². The average molecular weight is 315 g/mol. The summed E-state index contributed by atoms with van der Waals surface area (Å²) in [4.78, 5) is 12.1. The van der Waals surface area contributed by atoms with Crippen LogP contribution in [0.15, 0.2) is 54.6 Å². The van der Waals surface area contributed by atoms with Crippen LogP contribution in [0.4, 0.5) is 4.39 Å². The van der Waals surface area contributed by atoms with E-state index in [0.29, 0.717) is 11.7 Å². The minimum absolute atomic E-state index is 0.0412. The fourth-order valence-electron chi connectivity index (χ4n) is 2.35. The number of amides is 1. The summed E-state index contributed by atoms with van der Waals surface area (Å²) in [6, 6.07) is 15.5. The minimum Gasteiger partial charge on any atom is -0.484 e. The standard InChI is InChI=1S/C19H22FNO2/c1-14(2)12-18(15-6-4-3-5-7-15)21-19(22)13-23-17-10-8-16(20)9-11-17/h3-11,14,18H,12-13H2,1-2H3,(H,21,22)/t18-/m1/s1. The largest absolute Gasteiger partial charge is 0.484 e. The van der Waals surface area contributed by atoms with Gasteiger partial charge in [0.15, 0.2) is 6.61 Å². The Morgan fingerprint density at radius 3 is 2.35 bits per heavy atom. The van der Waals surface area contributed by atoms with Gasteiger partial charge in [0.2, 0.25) is 0 Å². The first-order valence-corrected chi connectivity index (χ1v) is 7.77.